The van der Waals surface area contributed by atoms with E-state index in [1.54, 1.807) is 6.07 Å². The third-order valence-corrected chi connectivity index (χ3v) is 2.79. The summed E-state index contributed by atoms with van der Waals surface area (Å²) in [4.78, 5) is 0. The summed E-state index contributed by atoms with van der Waals surface area (Å²) < 4.78 is 13.5. The van der Waals surface area contributed by atoms with E-state index in [0.29, 0.717) is 11.1 Å². The molecule has 3 heteroatoms. The van der Waals surface area contributed by atoms with E-state index in [2.05, 4.69) is 0 Å². The van der Waals surface area contributed by atoms with E-state index in [-0.39, 0.29) is 6.04 Å². The Bertz CT molecular complexity index is 612. The van der Waals surface area contributed by atoms with Crippen LogP contribution in [0.4, 0.5) is 4.39 Å². The molecular formula is C15H13FN2. The second-order valence-corrected chi connectivity index (χ2v) is 4.22. The van der Waals surface area contributed by atoms with Crippen molar-refractivity contribution in [3.8, 4) is 17.2 Å². The third-order valence-electron chi connectivity index (χ3n) is 2.79. The summed E-state index contributed by atoms with van der Waals surface area (Å²) >= 11 is 0. The molecule has 2 nitrogen and oxygen atoms in total. The van der Waals surface area contributed by atoms with Crippen molar-refractivity contribution < 1.29 is 4.39 Å². The van der Waals surface area contributed by atoms with Gasteiger partial charge < -0.3 is 5.73 Å². The van der Waals surface area contributed by atoms with Crippen molar-refractivity contribution >= 4 is 0 Å². The second kappa shape index (κ2) is 4.99. The fraction of sp³-hybridized carbons (Fsp3) is 0.133. The highest BCUT2D eigenvalue weighted by molar-refractivity contribution is 5.69. The number of nitrogens with zero attached hydrogens (tertiary/aromatic N) is 1. The Morgan fingerprint density at radius 2 is 1.94 bits per heavy atom. The summed E-state index contributed by atoms with van der Waals surface area (Å²) in [5, 5.41) is 8.87. The molecule has 0 heterocycles. The molecule has 0 aliphatic rings. The molecule has 0 bridgehead atoms. The van der Waals surface area contributed by atoms with Crippen LogP contribution in [0.2, 0.25) is 0 Å². The number of hydrogen-bond donors (Lipinski definition) is 1. The van der Waals surface area contributed by atoms with E-state index in [1.807, 2.05) is 37.3 Å². The molecule has 0 saturated carbocycles. The number of rotatable bonds is 2. The van der Waals surface area contributed by atoms with Gasteiger partial charge in [-0.05, 0) is 41.8 Å². The molecule has 0 aromatic heterocycles. The van der Waals surface area contributed by atoms with Crippen LogP contribution in [0.15, 0.2) is 42.5 Å². The Labute approximate surface area is 105 Å². The molecule has 2 aromatic carbocycles. The van der Waals surface area contributed by atoms with Crippen LogP contribution >= 0.6 is 0 Å². The van der Waals surface area contributed by atoms with Crippen LogP contribution in [-0.4, -0.2) is 0 Å². The minimum atomic E-state index is -0.413. The highest BCUT2D eigenvalue weighted by Gasteiger charge is 2.10. The van der Waals surface area contributed by atoms with Gasteiger partial charge in [-0.2, -0.15) is 5.26 Å². The maximum absolute atomic E-state index is 13.5. The third kappa shape index (κ3) is 2.39. The van der Waals surface area contributed by atoms with Crippen molar-refractivity contribution in [1.29, 1.82) is 5.26 Å². The molecule has 0 saturated heterocycles. The topological polar surface area (TPSA) is 49.8 Å². The molecule has 18 heavy (non-hydrogen) atoms. The van der Waals surface area contributed by atoms with Gasteiger partial charge in [-0.1, -0.05) is 24.3 Å². The van der Waals surface area contributed by atoms with Crippen molar-refractivity contribution in [2.24, 2.45) is 5.73 Å². The maximum Gasteiger partial charge on any atom is 0.125 e. The second-order valence-electron chi connectivity index (χ2n) is 4.22. The normalized spacial score (nSPS) is 11.9. The predicted molar refractivity (Wildman–Crippen MR) is 69.2 cm³/mol. The van der Waals surface area contributed by atoms with Crippen molar-refractivity contribution in [3.63, 3.8) is 0 Å². The first-order chi connectivity index (χ1) is 8.61. The van der Waals surface area contributed by atoms with Crippen LogP contribution in [-0.2, 0) is 0 Å². The first-order valence-electron chi connectivity index (χ1n) is 5.67. The monoisotopic (exact) mass is 240 g/mol. The molecule has 0 fully saturated rings. The van der Waals surface area contributed by atoms with E-state index in [9.17, 15) is 4.39 Å². The lowest BCUT2D eigenvalue weighted by Gasteiger charge is -2.13. The quantitative estimate of drug-likeness (QED) is 0.874. The Kier molecular flexibility index (Phi) is 3.40. The summed E-state index contributed by atoms with van der Waals surface area (Å²) in [7, 11) is 0. The van der Waals surface area contributed by atoms with Gasteiger partial charge in [-0.3, -0.25) is 0 Å². The molecule has 0 radical (unpaired) electrons. The zero-order valence-electron chi connectivity index (χ0n) is 10.0. The van der Waals surface area contributed by atoms with Crippen LogP contribution in [0.1, 0.15) is 24.1 Å². The lowest BCUT2D eigenvalue weighted by Crippen LogP contribution is -2.06. The van der Waals surface area contributed by atoms with Gasteiger partial charge in [0.15, 0.2) is 0 Å². The molecule has 2 aromatic rings. The summed E-state index contributed by atoms with van der Waals surface area (Å²) in [6.45, 7) is 1.88. The molecule has 0 aliphatic carbocycles. The van der Waals surface area contributed by atoms with Crippen molar-refractivity contribution in [2.45, 2.75) is 13.0 Å². The van der Waals surface area contributed by atoms with Gasteiger partial charge in [0.1, 0.15) is 5.82 Å². The minimum absolute atomic E-state index is 0.144. The SMILES string of the molecule is CC(N)c1ccccc1-c1cc(F)cc(C#N)c1. The lowest BCUT2D eigenvalue weighted by atomic mass is 9.95. The molecule has 1 unspecified atom stereocenters. The average Bonchev–Trinajstić information content (AvgIpc) is 2.38. The number of nitrogens with two attached hydrogens (primary N) is 1. The van der Waals surface area contributed by atoms with E-state index in [1.165, 1.54) is 12.1 Å². The van der Waals surface area contributed by atoms with Crippen molar-refractivity contribution in [1.82, 2.24) is 0 Å². The number of nitriles is 1. The van der Waals surface area contributed by atoms with Gasteiger partial charge in [0.2, 0.25) is 0 Å². The van der Waals surface area contributed by atoms with Crippen LogP contribution in [0.5, 0.6) is 0 Å². The Morgan fingerprint density at radius 1 is 1.22 bits per heavy atom. The summed E-state index contributed by atoms with van der Waals surface area (Å²) in [6.07, 6.45) is 0. The van der Waals surface area contributed by atoms with Gasteiger partial charge >= 0.3 is 0 Å². The van der Waals surface area contributed by atoms with E-state index in [4.69, 9.17) is 11.0 Å². The zero-order chi connectivity index (χ0) is 13.1. The Balaban J connectivity index is 2.62. The fourth-order valence-corrected chi connectivity index (χ4v) is 1.97. The van der Waals surface area contributed by atoms with Gasteiger partial charge in [0.25, 0.3) is 0 Å². The average molecular weight is 240 g/mol. The first-order valence-corrected chi connectivity index (χ1v) is 5.67. The van der Waals surface area contributed by atoms with Crippen molar-refractivity contribution in [3.05, 3.63) is 59.4 Å². The zero-order valence-corrected chi connectivity index (χ0v) is 10.0. The van der Waals surface area contributed by atoms with Gasteiger partial charge in [0.05, 0.1) is 11.6 Å². The summed E-state index contributed by atoms with van der Waals surface area (Å²) in [5.41, 5.74) is 8.69. The maximum atomic E-state index is 13.5. The smallest absolute Gasteiger partial charge is 0.125 e. The lowest BCUT2D eigenvalue weighted by molar-refractivity contribution is 0.628. The van der Waals surface area contributed by atoms with Gasteiger partial charge in [-0.15, -0.1) is 0 Å². The number of benzene rings is 2. The van der Waals surface area contributed by atoms with Gasteiger partial charge in [-0.25, -0.2) is 4.39 Å². The van der Waals surface area contributed by atoms with E-state index in [0.717, 1.165) is 11.1 Å². The molecular weight excluding hydrogens is 227 g/mol. The molecule has 1 atom stereocenters. The fourth-order valence-electron chi connectivity index (χ4n) is 1.97. The van der Waals surface area contributed by atoms with E-state index >= 15 is 0 Å². The van der Waals surface area contributed by atoms with Crippen molar-refractivity contribution in [2.75, 3.05) is 0 Å². The van der Waals surface area contributed by atoms with Crippen LogP contribution in [0, 0.1) is 17.1 Å². The highest BCUT2D eigenvalue weighted by atomic mass is 19.1. The first kappa shape index (κ1) is 12.3. The molecule has 90 valence electrons. The molecule has 2 rings (SSSR count). The van der Waals surface area contributed by atoms with Crippen LogP contribution in [0.25, 0.3) is 11.1 Å². The summed E-state index contributed by atoms with van der Waals surface area (Å²) in [6, 6.07) is 13.7. The highest BCUT2D eigenvalue weighted by Crippen LogP contribution is 2.28. The summed E-state index contributed by atoms with van der Waals surface area (Å²) in [5.74, 6) is -0.413. The van der Waals surface area contributed by atoms with E-state index < -0.39 is 5.82 Å². The Hall–Kier alpha value is -2.18. The number of halogens is 1. The minimum Gasteiger partial charge on any atom is -0.324 e. The standard InChI is InChI=1S/C15H13FN2/c1-10(18)14-4-2-3-5-15(14)12-6-11(9-17)7-13(16)8-12/h2-8,10H,18H2,1H3. The molecule has 0 aliphatic heterocycles. The van der Waals surface area contributed by atoms with Gasteiger partial charge in [0, 0.05) is 6.04 Å². The molecule has 0 spiro atoms. The number of hydrogen-bond acceptors (Lipinski definition) is 2. The Morgan fingerprint density at radius 3 is 2.61 bits per heavy atom. The largest absolute Gasteiger partial charge is 0.324 e. The predicted octanol–water partition coefficient (Wildman–Crippen LogP) is 3.38. The van der Waals surface area contributed by atoms with Crippen LogP contribution in [0.3, 0.4) is 0 Å². The molecule has 2 N–H and O–H groups in total. The van der Waals surface area contributed by atoms with Crippen LogP contribution < -0.4 is 5.73 Å². The molecule has 0 amide bonds.